The van der Waals surface area contributed by atoms with E-state index in [1.54, 1.807) is 30.3 Å². The average molecular weight is 522 g/mol. The second kappa shape index (κ2) is 11.9. The van der Waals surface area contributed by atoms with Crippen LogP contribution in [-0.4, -0.2) is 23.8 Å². The number of rotatable bonds is 10. The van der Waals surface area contributed by atoms with Gasteiger partial charge in [0.1, 0.15) is 11.5 Å². The molecule has 4 rings (SSSR count). The van der Waals surface area contributed by atoms with Crippen molar-refractivity contribution in [1.82, 2.24) is 4.31 Å². The lowest BCUT2D eigenvalue weighted by Gasteiger charge is -2.17. The van der Waals surface area contributed by atoms with E-state index >= 15 is 0 Å². The molecule has 36 heavy (non-hydrogen) atoms. The summed E-state index contributed by atoms with van der Waals surface area (Å²) in [6.45, 7) is 0.341. The zero-order valence-corrected chi connectivity index (χ0v) is 20.9. The van der Waals surface area contributed by atoms with Gasteiger partial charge in [-0.3, -0.25) is 4.79 Å². The van der Waals surface area contributed by atoms with Gasteiger partial charge in [0.2, 0.25) is 10.9 Å². The Labute approximate surface area is 216 Å². The molecule has 0 spiro atoms. The van der Waals surface area contributed by atoms with Crippen molar-refractivity contribution in [2.75, 3.05) is 0 Å². The number of ether oxygens (including phenoxy) is 1. The van der Waals surface area contributed by atoms with Crippen LogP contribution in [0.2, 0.25) is 5.02 Å². The van der Waals surface area contributed by atoms with E-state index in [0.717, 1.165) is 28.0 Å². The Morgan fingerprint density at radius 1 is 0.778 bits per heavy atom. The fourth-order valence-corrected chi connectivity index (χ4v) is 4.62. The molecule has 0 radical (unpaired) electrons. The third-order valence-corrected chi connectivity index (χ3v) is 6.57. The van der Waals surface area contributed by atoms with E-state index in [1.807, 2.05) is 66.7 Å². The van der Waals surface area contributed by atoms with Crippen LogP contribution in [0.5, 0.6) is 11.5 Å². The Morgan fingerprint density at radius 2 is 1.36 bits per heavy atom. The van der Waals surface area contributed by atoms with Crippen LogP contribution in [0.25, 0.3) is 11.1 Å². The number of thiol groups is 1. The van der Waals surface area contributed by atoms with Crippen molar-refractivity contribution >= 4 is 28.5 Å². The number of benzene rings is 4. The molecule has 0 aromatic heterocycles. The Hall–Kier alpha value is -3.65. The summed E-state index contributed by atoms with van der Waals surface area (Å²) in [6, 6.07) is 29.5. The molecule has 0 bridgehead atoms. The number of carboxylic acid groups (broad SMARTS) is 1. The highest BCUT2D eigenvalue weighted by atomic mass is 35.5. The van der Waals surface area contributed by atoms with Crippen molar-refractivity contribution < 1.29 is 23.1 Å². The van der Waals surface area contributed by atoms with E-state index in [1.165, 1.54) is 4.31 Å². The van der Waals surface area contributed by atoms with Gasteiger partial charge in [0, 0.05) is 23.7 Å². The van der Waals surface area contributed by atoms with Gasteiger partial charge in [-0.25, -0.2) is 8.42 Å². The van der Waals surface area contributed by atoms with Gasteiger partial charge in [-0.15, -0.1) is 0 Å². The highest BCUT2D eigenvalue weighted by Gasteiger charge is 2.12. The fraction of sp³-hybridized carbons (Fsp3) is 0.107. The summed E-state index contributed by atoms with van der Waals surface area (Å²) >= 11 is 6.57. The molecule has 184 valence electrons. The fourth-order valence-electron chi connectivity index (χ4n) is 3.75. The summed E-state index contributed by atoms with van der Waals surface area (Å²) in [5.41, 5.74) is 3.93. The molecule has 0 aliphatic rings. The van der Waals surface area contributed by atoms with E-state index in [4.69, 9.17) is 21.4 Å². The van der Waals surface area contributed by atoms with Crippen LogP contribution >= 0.6 is 11.6 Å². The van der Waals surface area contributed by atoms with E-state index < -0.39 is 16.9 Å². The second-order valence-corrected chi connectivity index (χ2v) is 9.65. The van der Waals surface area contributed by atoms with Crippen LogP contribution in [0.15, 0.2) is 97.1 Å². The number of carboxylic acids is 1. The lowest BCUT2D eigenvalue weighted by molar-refractivity contribution is -0.136. The molecule has 0 fully saturated rings. The van der Waals surface area contributed by atoms with Gasteiger partial charge in [-0.05, 0) is 52.6 Å². The molecule has 0 heterocycles. The average Bonchev–Trinajstić information content (AvgIpc) is 2.86. The van der Waals surface area contributed by atoms with E-state index in [-0.39, 0.29) is 19.5 Å². The summed E-state index contributed by atoms with van der Waals surface area (Å²) in [5, 5.41) is 9.41. The smallest absolute Gasteiger partial charge is 0.307 e. The summed E-state index contributed by atoms with van der Waals surface area (Å²) in [5.74, 6) is 0.553. The van der Waals surface area contributed by atoms with Crippen molar-refractivity contribution in [3.63, 3.8) is 0 Å². The lowest BCUT2D eigenvalue weighted by atomic mass is 10.0. The molecular formula is C28H24ClNO5S. The van der Waals surface area contributed by atoms with Gasteiger partial charge in [-0.2, -0.15) is 4.31 Å². The Kier molecular flexibility index (Phi) is 8.38. The summed E-state index contributed by atoms with van der Waals surface area (Å²) in [6.07, 6.45) is -0.0760. The minimum Gasteiger partial charge on any atom is -0.481 e. The summed E-state index contributed by atoms with van der Waals surface area (Å²) in [7, 11) is -2.84. The quantitative estimate of drug-likeness (QED) is 0.252. The molecule has 1 N–H and O–H groups in total. The number of hydrogen-bond acceptors (Lipinski definition) is 4. The Bertz CT molecular complexity index is 1400. The van der Waals surface area contributed by atoms with Crippen molar-refractivity contribution in [3.05, 3.63) is 119 Å². The molecule has 4 aromatic carbocycles. The van der Waals surface area contributed by atoms with Crippen molar-refractivity contribution in [3.8, 4) is 22.6 Å². The number of halogens is 1. The molecule has 6 nitrogen and oxygen atoms in total. The van der Waals surface area contributed by atoms with Gasteiger partial charge < -0.3 is 9.84 Å². The molecule has 0 atom stereocenters. The first-order chi connectivity index (χ1) is 17.4. The van der Waals surface area contributed by atoms with Gasteiger partial charge in [-0.1, -0.05) is 78.3 Å². The number of hydrogen-bond donors (Lipinski definition) is 2. The largest absolute Gasteiger partial charge is 0.481 e. The SMILES string of the molecule is O=C(O)Cc1ccc(CN(Cc2ccc(-c3ccc(Oc4ccccc4)cc3)c(Cl)c2)[SH](=O)=O)cc1. The number of nitrogens with zero attached hydrogens (tertiary/aromatic N) is 1. The van der Waals surface area contributed by atoms with Crippen LogP contribution in [0, 0.1) is 0 Å². The van der Waals surface area contributed by atoms with Crippen LogP contribution in [0.3, 0.4) is 0 Å². The maximum atomic E-state index is 11.9. The number of para-hydroxylation sites is 1. The molecule has 0 aliphatic heterocycles. The highest BCUT2D eigenvalue weighted by Crippen LogP contribution is 2.31. The topological polar surface area (TPSA) is 83.9 Å². The summed E-state index contributed by atoms with van der Waals surface area (Å²) in [4.78, 5) is 10.8. The van der Waals surface area contributed by atoms with Crippen molar-refractivity contribution in [2.24, 2.45) is 0 Å². The van der Waals surface area contributed by atoms with Gasteiger partial charge in [0.25, 0.3) is 0 Å². The zero-order valence-electron chi connectivity index (χ0n) is 19.2. The van der Waals surface area contributed by atoms with E-state index in [0.29, 0.717) is 16.3 Å². The summed E-state index contributed by atoms with van der Waals surface area (Å²) < 4.78 is 31.0. The predicted molar refractivity (Wildman–Crippen MR) is 141 cm³/mol. The first-order valence-electron chi connectivity index (χ1n) is 11.2. The van der Waals surface area contributed by atoms with Crippen LogP contribution < -0.4 is 4.74 Å². The Balaban J connectivity index is 1.44. The minimum absolute atomic E-state index is 0.0760. The third-order valence-electron chi connectivity index (χ3n) is 5.52. The molecule has 0 saturated heterocycles. The van der Waals surface area contributed by atoms with Gasteiger partial charge >= 0.3 is 5.97 Å². The normalized spacial score (nSPS) is 11.1. The van der Waals surface area contributed by atoms with Gasteiger partial charge in [0.15, 0.2) is 0 Å². The van der Waals surface area contributed by atoms with Crippen LogP contribution in [0.1, 0.15) is 16.7 Å². The molecule has 8 heteroatoms. The van der Waals surface area contributed by atoms with Crippen LogP contribution in [0.4, 0.5) is 0 Å². The molecule has 0 amide bonds. The monoisotopic (exact) mass is 521 g/mol. The Morgan fingerprint density at radius 3 is 1.97 bits per heavy atom. The molecular weight excluding hydrogens is 498 g/mol. The maximum absolute atomic E-state index is 11.9. The van der Waals surface area contributed by atoms with Crippen LogP contribution in [-0.2, 0) is 35.2 Å². The van der Waals surface area contributed by atoms with E-state index in [9.17, 15) is 13.2 Å². The van der Waals surface area contributed by atoms with E-state index in [2.05, 4.69) is 0 Å². The van der Waals surface area contributed by atoms with Crippen molar-refractivity contribution in [2.45, 2.75) is 19.5 Å². The maximum Gasteiger partial charge on any atom is 0.307 e. The third kappa shape index (κ3) is 6.95. The first kappa shape index (κ1) is 25.4. The van der Waals surface area contributed by atoms with Crippen molar-refractivity contribution in [1.29, 1.82) is 0 Å². The molecule has 0 saturated carbocycles. The lowest BCUT2D eigenvalue weighted by Crippen LogP contribution is -2.21. The molecule has 4 aromatic rings. The molecule has 0 aliphatic carbocycles. The standard InChI is InChI=1S/C28H24ClNO5S/c29-27-16-22(19-30(36(33)34)18-21-8-6-20(7-9-21)17-28(31)32)10-15-26(27)23-11-13-25(14-12-23)35-24-4-2-1-3-5-24/h1-16,36H,17-19H2,(H,31,32). The van der Waals surface area contributed by atoms with Gasteiger partial charge in [0.05, 0.1) is 6.42 Å². The first-order valence-corrected chi connectivity index (χ1v) is 12.7. The predicted octanol–water partition coefficient (Wildman–Crippen LogP) is 5.96. The number of carbonyl (C=O) groups is 1. The second-order valence-electron chi connectivity index (χ2n) is 8.20. The minimum atomic E-state index is -2.84. The number of aliphatic carboxylic acids is 1. The molecule has 0 unspecified atom stereocenters. The zero-order chi connectivity index (χ0) is 25.5. The highest BCUT2D eigenvalue weighted by molar-refractivity contribution is 7.69.